The maximum Gasteiger partial charge on any atom is 0.338 e. The summed E-state index contributed by atoms with van der Waals surface area (Å²) in [4.78, 5) is 31.7. The number of ether oxygens (including phenoxy) is 1. The number of aromatic carboxylic acids is 1. The van der Waals surface area contributed by atoms with Crippen molar-refractivity contribution in [3.05, 3.63) is 53.9 Å². The molecule has 2 heterocycles. The number of benzene rings is 1. The Balaban J connectivity index is 1.67. The number of carboxylic acids is 1. The van der Waals surface area contributed by atoms with Gasteiger partial charge in [-0.1, -0.05) is 0 Å². The van der Waals surface area contributed by atoms with Gasteiger partial charge in [0.15, 0.2) is 0 Å². The highest BCUT2D eigenvalue weighted by atomic mass is 16.5. The molecule has 1 aromatic heterocycles. The second kappa shape index (κ2) is 7.21. The number of aromatic nitrogens is 1. The Morgan fingerprint density at radius 1 is 1.08 bits per heavy atom. The van der Waals surface area contributed by atoms with Gasteiger partial charge in [-0.15, -0.1) is 0 Å². The Kier molecular flexibility index (Phi) is 4.83. The lowest BCUT2D eigenvalue weighted by molar-refractivity contribution is 0.0669. The van der Waals surface area contributed by atoms with Gasteiger partial charge >= 0.3 is 5.97 Å². The zero-order valence-electron chi connectivity index (χ0n) is 13.9. The number of nitrogens with zero attached hydrogens (tertiary/aromatic N) is 3. The molecule has 3 rings (SSSR count). The Morgan fingerprint density at radius 2 is 1.76 bits per heavy atom. The fraction of sp³-hybridized carbons (Fsp3) is 0.278. The standard InChI is InChI=1S/C18H19N3O4/c1-25-14-6-4-13(5-7-14)20-9-11-21(12-10-20)17(22)16-15(18(23)24)3-2-8-19-16/h2-8H,9-12H2,1H3,(H,23,24). The van der Waals surface area contributed by atoms with Crippen LogP contribution in [0.15, 0.2) is 42.6 Å². The monoisotopic (exact) mass is 341 g/mol. The van der Waals surface area contributed by atoms with E-state index in [1.807, 2.05) is 24.3 Å². The molecule has 7 heteroatoms. The van der Waals surface area contributed by atoms with E-state index in [9.17, 15) is 14.7 Å². The van der Waals surface area contributed by atoms with E-state index in [0.717, 1.165) is 11.4 Å². The quantitative estimate of drug-likeness (QED) is 0.912. The van der Waals surface area contributed by atoms with Crippen molar-refractivity contribution < 1.29 is 19.4 Å². The van der Waals surface area contributed by atoms with Crippen molar-refractivity contribution in [3.8, 4) is 5.75 Å². The molecule has 1 saturated heterocycles. The van der Waals surface area contributed by atoms with Gasteiger partial charge in [0.25, 0.3) is 5.91 Å². The van der Waals surface area contributed by atoms with Gasteiger partial charge in [0.1, 0.15) is 11.4 Å². The summed E-state index contributed by atoms with van der Waals surface area (Å²) < 4.78 is 5.16. The fourth-order valence-corrected chi connectivity index (χ4v) is 2.86. The smallest absolute Gasteiger partial charge is 0.338 e. The predicted octanol–water partition coefficient (Wildman–Crippen LogP) is 1.75. The minimum Gasteiger partial charge on any atom is -0.497 e. The molecule has 0 radical (unpaired) electrons. The third-order valence-corrected chi connectivity index (χ3v) is 4.25. The zero-order chi connectivity index (χ0) is 17.8. The van der Waals surface area contributed by atoms with E-state index < -0.39 is 5.97 Å². The largest absolute Gasteiger partial charge is 0.497 e. The first kappa shape index (κ1) is 16.8. The molecule has 25 heavy (non-hydrogen) atoms. The number of rotatable bonds is 4. The summed E-state index contributed by atoms with van der Waals surface area (Å²) in [6.45, 7) is 2.38. The first-order valence-corrected chi connectivity index (χ1v) is 7.96. The molecule has 0 aliphatic carbocycles. The number of methoxy groups -OCH3 is 1. The molecule has 1 aromatic carbocycles. The van der Waals surface area contributed by atoms with Crippen molar-refractivity contribution in [2.24, 2.45) is 0 Å². The number of carbonyl (C=O) groups excluding carboxylic acids is 1. The van der Waals surface area contributed by atoms with E-state index in [1.54, 1.807) is 12.0 Å². The molecule has 130 valence electrons. The lowest BCUT2D eigenvalue weighted by Gasteiger charge is -2.36. The van der Waals surface area contributed by atoms with Crippen molar-refractivity contribution in [1.29, 1.82) is 0 Å². The van der Waals surface area contributed by atoms with E-state index in [0.29, 0.717) is 26.2 Å². The number of anilines is 1. The van der Waals surface area contributed by atoms with Crippen LogP contribution in [0.1, 0.15) is 20.8 Å². The number of carboxylic acid groups (broad SMARTS) is 1. The van der Waals surface area contributed by atoms with Crippen LogP contribution in [0, 0.1) is 0 Å². The second-order valence-electron chi connectivity index (χ2n) is 5.68. The lowest BCUT2D eigenvalue weighted by Crippen LogP contribution is -2.49. The summed E-state index contributed by atoms with van der Waals surface area (Å²) in [5.41, 5.74) is 0.995. The number of hydrogen-bond acceptors (Lipinski definition) is 5. The Morgan fingerprint density at radius 3 is 2.36 bits per heavy atom. The van der Waals surface area contributed by atoms with E-state index in [1.165, 1.54) is 18.3 Å². The van der Waals surface area contributed by atoms with Gasteiger partial charge in [0, 0.05) is 38.1 Å². The highest BCUT2D eigenvalue weighted by Crippen LogP contribution is 2.21. The first-order chi connectivity index (χ1) is 12.1. The van der Waals surface area contributed by atoms with Crippen LogP contribution < -0.4 is 9.64 Å². The average Bonchev–Trinajstić information content (AvgIpc) is 2.67. The Labute approximate surface area is 145 Å². The van der Waals surface area contributed by atoms with Crippen molar-refractivity contribution in [2.75, 3.05) is 38.2 Å². The van der Waals surface area contributed by atoms with Gasteiger partial charge in [-0.05, 0) is 36.4 Å². The summed E-state index contributed by atoms with van der Waals surface area (Å²) in [6.07, 6.45) is 1.44. The SMILES string of the molecule is COc1ccc(N2CCN(C(=O)c3ncccc3C(=O)O)CC2)cc1. The van der Waals surface area contributed by atoms with Gasteiger partial charge in [-0.3, -0.25) is 9.78 Å². The van der Waals surface area contributed by atoms with Gasteiger partial charge in [0.2, 0.25) is 0 Å². The van der Waals surface area contributed by atoms with E-state index in [4.69, 9.17) is 4.74 Å². The van der Waals surface area contributed by atoms with Crippen LogP contribution in [0.3, 0.4) is 0 Å². The minimum atomic E-state index is -1.15. The summed E-state index contributed by atoms with van der Waals surface area (Å²) in [6, 6.07) is 10.7. The van der Waals surface area contributed by atoms with Crippen molar-refractivity contribution in [3.63, 3.8) is 0 Å². The van der Waals surface area contributed by atoms with Crippen LogP contribution in [-0.2, 0) is 0 Å². The highest BCUT2D eigenvalue weighted by Gasteiger charge is 2.26. The van der Waals surface area contributed by atoms with Crippen LogP contribution in [0.4, 0.5) is 5.69 Å². The molecule has 1 fully saturated rings. The molecule has 0 atom stereocenters. The number of carbonyl (C=O) groups is 2. The third kappa shape index (κ3) is 3.55. The molecule has 2 aromatic rings. The summed E-state index contributed by atoms with van der Waals surface area (Å²) in [7, 11) is 1.63. The number of piperazine rings is 1. The van der Waals surface area contributed by atoms with Gasteiger partial charge in [-0.2, -0.15) is 0 Å². The van der Waals surface area contributed by atoms with E-state index in [2.05, 4.69) is 9.88 Å². The summed E-state index contributed by atoms with van der Waals surface area (Å²) in [5.74, 6) is -0.686. The Bertz CT molecular complexity index is 768. The van der Waals surface area contributed by atoms with Crippen molar-refractivity contribution in [1.82, 2.24) is 9.88 Å². The molecule has 1 N–H and O–H groups in total. The Hall–Kier alpha value is -3.09. The molecule has 1 amide bonds. The molecule has 0 bridgehead atoms. The van der Waals surface area contributed by atoms with Crippen LogP contribution >= 0.6 is 0 Å². The molecular weight excluding hydrogens is 322 g/mol. The maximum atomic E-state index is 12.6. The van der Waals surface area contributed by atoms with Crippen molar-refractivity contribution in [2.45, 2.75) is 0 Å². The van der Waals surface area contributed by atoms with Gasteiger partial charge in [0.05, 0.1) is 12.7 Å². The first-order valence-electron chi connectivity index (χ1n) is 7.96. The van der Waals surface area contributed by atoms with Crippen molar-refractivity contribution >= 4 is 17.6 Å². The van der Waals surface area contributed by atoms with Gasteiger partial charge in [-0.25, -0.2) is 4.79 Å². The molecule has 1 aliphatic rings. The highest BCUT2D eigenvalue weighted by molar-refractivity contribution is 6.03. The minimum absolute atomic E-state index is 0.00658. The van der Waals surface area contributed by atoms with E-state index in [-0.39, 0.29) is 17.2 Å². The van der Waals surface area contributed by atoms with Crippen LogP contribution in [-0.4, -0.2) is 60.2 Å². The summed E-state index contributed by atoms with van der Waals surface area (Å²) >= 11 is 0. The number of hydrogen-bond donors (Lipinski definition) is 1. The predicted molar refractivity (Wildman–Crippen MR) is 92.3 cm³/mol. The second-order valence-corrected chi connectivity index (χ2v) is 5.68. The van der Waals surface area contributed by atoms with Crippen LogP contribution in [0.25, 0.3) is 0 Å². The van der Waals surface area contributed by atoms with Gasteiger partial charge < -0.3 is 19.6 Å². The maximum absolute atomic E-state index is 12.6. The average molecular weight is 341 g/mol. The molecule has 0 saturated carbocycles. The lowest BCUT2D eigenvalue weighted by atomic mass is 10.1. The number of pyridine rings is 1. The zero-order valence-corrected chi connectivity index (χ0v) is 13.9. The van der Waals surface area contributed by atoms with E-state index >= 15 is 0 Å². The molecule has 1 aliphatic heterocycles. The van der Waals surface area contributed by atoms with Crippen LogP contribution in [0.5, 0.6) is 5.75 Å². The number of amides is 1. The van der Waals surface area contributed by atoms with Crippen LogP contribution in [0.2, 0.25) is 0 Å². The fourth-order valence-electron chi connectivity index (χ4n) is 2.86. The molecular formula is C18H19N3O4. The normalized spacial score (nSPS) is 14.3. The topological polar surface area (TPSA) is 83.0 Å². The third-order valence-electron chi connectivity index (χ3n) is 4.25. The molecule has 0 unspecified atom stereocenters. The molecule has 0 spiro atoms. The summed E-state index contributed by atoms with van der Waals surface area (Å²) in [5, 5.41) is 9.22. The molecule has 7 nitrogen and oxygen atoms in total.